The van der Waals surface area contributed by atoms with E-state index in [9.17, 15) is 5.26 Å². The number of benzene rings is 1. The summed E-state index contributed by atoms with van der Waals surface area (Å²) in [6.45, 7) is 9.92. The SMILES string of the molecule is Cc1ccc(-n2c(C)cc(C=Nc3oc(C)c(C)c3C#N)c2C)cc1Br. The Morgan fingerprint density at radius 1 is 1.15 bits per heavy atom. The van der Waals surface area contributed by atoms with Crippen molar-refractivity contribution in [3.63, 3.8) is 0 Å². The van der Waals surface area contributed by atoms with Gasteiger partial charge in [0.1, 0.15) is 17.4 Å². The first-order chi connectivity index (χ1) is 12.3. The van der Waals surface area contributed by atoms with Crippen LogP contribution >= 0.6 is 15.9 Å². The maximum Gasteiger partial charge on any atom is 0.237 e. The van der Waals surface area contributed by atoms with Gasteiger partial charge in [0.15, 0.2) is 0 Å². The standard InChI is InChI=1S/C21H20BrN3O/c1-12-6-7-18(9-20(12)22)25-13(2)8-17(15(25)4)11-24-21-19(10-23)14(3)16(5)26-21/h6-9,11H,1-5H3. The molecule has 0 aliphatic carbocycles. The fourth-order valence-corrected chi connectivity index (χ4v) is 3.36. The Labute approximate surface area is 161 Å². The molecular weight excluding hydrogens is 390 g/mol. The number of aromatic nitrogens is 1. The van der Waals surface area contributed by atoms with Gasteiger partial charge >= 0.3 is 0 Å². The third kappa shape index (κ3) is 3.13. The van der Waals surface area contributed by atoms with E-state index in [1.807, 2.05) is 13.8 Å². The Kier molecular flexibility index (Phi) is 4.88. The second-order valence-electron chi connectivity index (χ2n) is 6.43. The van der Waals surface area contributed by atoms with E-state index in [2.05, 4.69) is 76.6 Å². The molecule has 2 heterocycles. The highest BCUT2D eigenvalue weighted by Crippen LogP contribution is 2.29. The van der Waals surface area contributed by atoms with E-state index in [1.54, 1.807) is 6.21 Å². The van der Waals surface area contributed by atoms with Crippen LogP contribution in [0.2, 0.25) is 0 Å². The largest absolute Gasteiger partial charge is 0.442 e. The number of rotatable bonds is 3. The van der Waals surface area contributed by atoms with Crippen molar-refractivity contribution in [3.05, 3.63) is 68.1 Å². The molecule has 1 aromatic carbocycles. The van der Waals surface area contributed by atoms with Gasteiger partial charge < -0.3 is 8.98 Å². The molecule has 132 valence electrons. The Morgan fingerprint density at radius 3 is 2.54 bits per heavy atom. The number of hydrogen-bond donors (Lipinski definition) is 0. The van der Waals surface area contributed by atoms with Crippen LogP contribution in [0.15, 0.2) is 38.1 Å². The number of nitrogens with zero attached hydrogens (tertiary/aromatic N) is 3. The smallest absolute Gasteiger partial charge is 0.237 e. The molecule has 0 N–H and O–H groups in total. The predicted molar refractivity (Wildman–Crippen MR) is 108 cm³/mol. The van der Waals surface area contributed by atoms with E-state index in [-0.39, 0.29) is 0 Å². The normalized spacial score (nSPS) is 11.3. The van der Waals surface area contributed by atoms with Crippen LogP contribution in [0.4, 0.5) is 5.88 Å². The first-order valence-corrected chi connectivity index (χ1v) is 9.12. The van der Waals surface area contributed by atoms with Crippen LogP contribution in [0, 0.1) is 45.9 Å². The molecule has 0 radical (unpaired) electrons. The molecule has 0 saturated carbocycles. The van der Waals surface area contributed by atoms with E-state index in [0.29, 0.717) is 11.4 Å². The highest BCUT2D eigenvalue weighted by Gasteiger charge is 2.14. The van der Waals surface area contributed by atoms with Gasteiger partial charge in [-0.2, -0.15) is 5.26 Å². The lowest BCUT2D eigenvalue weighted by Gasteiger charge is -2.11. The summed E-state index contributed by atoms with van der Waals surface area (Å²) < 4.78 is 8.89. The molecule has 3 rings (SSSR count). The highest BCUT2D eigenvalue weighted by molar-refractivity contribution is 9.10. The molecule has 0 saturated heterocycles. The Balaban J connectivity index is 2.02. The fraction of sp³-hybridized carbons (Fsp3) is 0.238. The molecule has 4 nitrogen and oxygen atoms in total. The van der Waals surface area contributed by atoms with Crippen LogP contribution in [-0.4, -0.2) is 10.8 Å². The molecule has 0 bridgehead atoms. The van der Waals surface area contributed by atoms with Gasteiger partial charge in [-0.1, -0.05) is 22.0 Å². The van der Waals surface area contributed by atoms with Crippen molar-refractivity contribution < 1.29 is 4.42 Å². The first-order valence-electron chi connectivity index (χ1n) is 8.33. The zero-order valence-corrected chi connectivity index (χ0v) is 17.1. The summed E-state index contributed by atoms with van der Waals surface area (Å²) >= 11 is 3.60. The van der Waals surface area contributed by atoms with Crippen molar-refractivity contribution in [2.24, 2.45) is 4.99 Å². The minimum atomic E-state index is 0.366. The quantitative estimate of drug-likeness (QED) is 0.498. The van der Waals surface area contributed by atoms with Gasteiger partial charge in [-0.15, -0.1) is 0 Å². The van der Waals surface area contributed by atoms with Crippen LogP contribution in [0.5, 0.6) is 0 Å². The number of nitriles is 1. The monoisotopic (exact) mass is 409 g/mol. The van der Waals surface area contributed by atoms with E-state index in [4.69, 9.17) is 4.42 Å². The number of aliphatic imine (C=N–C) groups is 1. The lowest BCUT2D eigenvalue weighted by atomic mass is 10.2. The minimum absolute atomic E-state index is 0.366. The van der Waals surface area contributed by atoms with Crippen molar-refractivity contribution >= 4 is 28.0 Å². The molecule has 0 fully saturated rings. The van der Waals surface area contributed by atoms with Gasteiger partial charge in [0.25, 0.3) is 0 Å². The third-order valence-corrected chi connectivity index (χ3v) is 5.54. The maximum atomic E-state index is 9.32. The van der Waals surface area contributed by atoms with E-state index in [0.717, 1.165) is 38.4 Å². The molecule has 0 aliphatic rings. The molecule has 0 aliphatic heterocycles. The fourth-order valence-electron chi connectivity index (χ4n) is 3.00. The average molecular weight is 410 g/mol. The zero-order chi connectivity index (χ0) is 19.0. The van der Waals surface area contributed by atoms with Crippen LogP contribution in [0.25, 0.3) is 5.69 Å². The Hall–Kier alpha value is -2.58. The molecular formula is C21H20BrN3O. The molecule has 0 amide bonds. The van der Waals surface area contributed by atoms with Crippen LogP contribution in [0.3, 0.4) is 0 Å². The van der Waals surface area contributed by atoms with Gasteiger partial charge in [-0.05, 0) is 58.4 Å². The lowest BCUT2D eigenvalue weighted by molar-refractivity contribution is 0.542. The molecule has 0 atom stereocenters. The summed E-state index contributed by atoms with van der Waals surface area (Å²) in [7, 11) is 0. The van der Waals surface area contributed by atoms with E-state index >= 15 is 0 Å². The van der Waals surface area contributed by atoms with Gasteiger partial charge in [-0.25, -0.2) is 4.99 Å². The first kappa shape index (κ1) is 18.2. The molecule has 0 spiro atoms. The Bertz CT molecular complexity index is 1060. The molecule has 2 aromatic heterocycles. The van der Waals surface area contributed by atoms with Crippen molar-refractivity contribution in [3.8, 4) is 11.8 Å². The van der Waals surface area contributed by atoms with Crippen LogP contribution < -0.4 is 0 Å². The van der Waals surface area contributed by atoms with E-state index < -0.39 is 0 Å². The molecule has 5 heteroatoms. The van der Waals surface area contributed by atoms with Gasteiger partial charge in [-0.3, -0.25) is 0 Å². The lowest BCUT2D eigenvalue weighted by Crippen LogP contribution is -2.00. The molecule has 3 aromatic rings. The summed E-state index contributed by atoms with van der Waals surface area (Å²) in [5.74, 6) is 1.09. The summed E-state index contributed by atoms with van der Waals surface area (Å²) in [5, 5.41) is 9.32. The summed E-state index contributed by atoms with van der Waals surface area (Å²) in [4.78, 5) is 4.43. The highest BCUT2D eigenvalue weighted by atomic mass is 79.9. The van der Waals surface area contributed by atoms with Crippen molar-refractivity contribution in [2.45, 2.75) is 34.6 Å². The number of halogens is 1. The van der Waals surface area contributed by atoms with Crippen molar-refractivity contribution in [1.29, 1.82) is 5.26 Å². The van der Waals surface area contributed by atoms with Crippen LogP contribution in [-0.2, 0) is 0 Å². The second-order valence-corrected chi connectivity index (χ2v) is 7.28. The number of aryl methyl sites for hydroxylation is 3. The summed E-state index contributed by atoms with van der Waals surface area (Å²) in [6, 6.07) is 10.6. The van der Waals surface area contributed by atoms with Crippen molar-refractivity contribution in [2.75, 3.05) is 0 Å². The summed E-state index contributed by atoms with van der Waals surface area (Å²) in [5.41, 5.74) is 6.83. The van der Waals surface area contributed by atoms with Gasteiger partial charge in [0.2, 0.25) is 5.88 Å². The topological polar surface area (TPSA) is 54.2 Å². The average Bonchev–Trinajstić information content (AvgIpc) is 3.04. The zero-order valence-electron chi connectivity index (χ0n) is 15.5. The molecule has 0 unspecified atom stereocenters. The van der Waals surface area contributed by atoms with Crippen molar-refractivity contribution in [1.82, 2.24) is 4.57 Å². The number of furan rings is 1. The van der Waals surface area contributed by atoms with Gasteiger partial charge in [0, 0.05) is 38.9 Å². The predicted octanol–water partition coefficient (Wildman–Crippen LogP) is 6.00. The molecule has 26 heavy (non-hydrogen) atoms. The third-order valence-electron chi connectivity index (χ3n) is 4.68. The summed E-state index contributed by atoms with van der Waals surface area (Å²) in [6.07, 6.45) is 1.76. The minimum Gasteiger partial charge on any atom is -0.442 e. The maximum absolute atomic E-state index is 9.32. The second kappa shape index (κ2) is 6.97. The van der Waals surface area contributed by atoms with Gasteiger partial charge in [0.05, 0.1) is 0 Å². The van der Waals surface area contributed by atoms with Crippen LogP contribution in [0.1, 0.15) is 39.4 Å². The Morgan fingerprint density at radius 2 is 1.88 bits per heavy atom. The van der Waals surface area contributed by atoms with E-state index in [1.165, 1.54) is 5.56 Å². The number of hydrogen-bond acceptors (Lipinski definition) is 3.